The van der Waals surface area contributed by atoms with Crippen molar-refractivity contribution in [1.82, 2.24) is 16.0 Å². The molecule has 0 radical (unpaired) electrons. The standard InChI is InChI=1S/C11H19N3O2/c15-10(5-8-6-12-7-8)13-3-4-14-11(16)9-1-2-9/h8-9,12H,1-7H2,(H,13,15)(H,14,16). The van der Waals surface area contributed by atoms with E-state index in [1.807, 2.05) is 0 Å². The molecule has 1 saturated carbocycles. The molecule has 1 heterocycles. The smallest absolute Gasteiger partial charge is 0.223 e. The Morgan fingerprint density at radius 2 is 1.81 bits per heavy atom. The topological polar surface area (TPSA) is 70.2 Å². The average Bonchev–Trinajstić information content (AvgIpc) is 3.01. The van der Waals surface area contributed by atoms with E-state index in [1.165, 1.54) is 0 Å². The fraction of sp³-hybridized carbons (Fsp3) is 0.818. The van der Waals surface area contributed by atoms with Crippen LogP contribution in [-0.2, 0) is 9.59 Å². The minimum Gasteiger partial charge on any atom is -0.354 e. The predicted molar refractivity (Wildman–Crippen MR) is 59.7 cm³/mol. The summed E-state index contributed by atoms with van der Waals surface area (Å²) in [5.41, 5.74) is 0. The van der Waals surface area contributed by atoms with Gasteiger partial charge in [0.1, 0.15) is 0 Å². The van der Waals surface area contributed by atoms with Gasteiger partial charge in [-0.25, -0.2) is 0 Å². The molecule has 0 atom stereocenters. The minimum atomic E-state index is 0.0900. The molecular weight excluding hydrogens is 206 g/mol. The maximum atomic E-state index is 11.4. The molecule has 2 aliphatic rings. The van der Waals surface area contributed by atoms with Crippen molar-refractivity contribution in [3.63, 3.8) is 0 Å². The first-order chi connectivity index (χ1) is 7.75. The SMILES string of the molecule is O=C(CC1CNC1)NCCNC(=O)C1CC1. The van der Waals surface area contributed by atoms with Gasteiger partial charge in [-0.3, -0.25) is 9.59 Å². The molecule has 3 N–H and O–H groups in total. The highest BCUT2D eigenvalue weighted by molar-refractivity contribution is 5.81. The lowest BCUT2D eigenvalue weighted by atomic mass is 9.99. The van der Waals surface area contributed by atoms with E-state index in [4.69, 9.17) is 0 Å². The van der Waals surface area contributed by atoms with E-state index in [0.29, 0.717) is 25.4 Å². The van der Waals surface area contributed by atoms with E-state index in [1.54, 1.807) is 0 Å². The number of hydrogen-bond acceptors (Lipinski definition) is 3. The Morgan fingerprint density at radius 3 is 2.38 bits per heavy atom. The summed E-state index contributed by atoms with van der Waals surface area (Å²) in [6.45, 7) is 2.99. The number of nitrogens with one attached hydrogen (secondary N) is 3. The van der Waals surface area contributed by atoms with E-state index in [2.05, 4.69) is 16.0 Å². The maximum Gasteiger partial charge on any atom is 0.223 e. The Hall–Kier alpha value is -1.10. The summed E-state index contributed by atoms with van der Waals surface area (Å²) in [6, 6.07) is 0. The van der Waals surface area contributed by atoms with Crippen LogP contribution in [0.2, 0.25) is 0 Å². The molecule has 5 heteroatoms. The molecule has 2 amide bonds. The molecule has 0 aromatic rings. The summed E-state index contributed by atoms with van der Waals surface area (Å²) in [4.78, 5) is 22.6. The molecule has 2 fully saturated rings. The number of carbonyl (C=O) groups excluding carboxylic acids is 2. The Kier molecular flexibility index (Phi) is 3.77. The van der Waals surface area contributed by atoms with E-state index in [9.17, 15) is 9.59 Å². The van der Waals surface area contributed by atoms with Gasteiger partial charge < -0.3 is 16.0 Å². The van der Waals surface area contributed by atoms with Crippen LogP contribution < -0.4 is 16.0 Å². The van der Waals surface area contributed by atoms with Gasteiger partial charge in [-0.05, 0) is 31.8 Å². The fourth-order valence-corrected chi connectivity index (χ4v) is 1.70. The first-order valence-electron chi connectivity index (χ1n) is 6.01. The highest BCUT2D eigenvalue weighted by Gasteiger charge is 2.29. The van der Waals surface area contributed by atoms with Gasteiger partial charge in [0.05, 0.1) is 0 Å². The third kappa shape index (κ3) is 3.48. The van der Waals surface area contributed by atoms with Crippen molar-refractivity contribution in [3.05, 3.63) is 0 Å². The van der Waals surface area contributed by atoms with Gasteiger partial charge >= 0.3 is 0 Å². The molecule has 0 aromatic heterocycles. The number of rotatable bonds is 6. The lowest BCUT2D eigenvalue weighted by molar-refractivity contribution is -0.124. The lowest BCUT2D eigenvalue weighted by Crippen LogP contribution is -2.45. The summed E-state index contributed by atoms with van der Waals surface area (Å²) < 4.78 is 0. The van der Waals surface area contributed by atoms with Crippen molar-refractivity contribution < 1.29 is 9.59 Å². The van der Waals surface area contributed by atoms with Crippen molar-refractivity contribution in [3.8, 4) is 0 Å². The molecule has 16 heavy (non-hydrogen) atoms. The van der Waals surface area contributed by atoms with Gasteiger partial charge in [0.15, 0.2) is 0 Å². The molecule has 5 nitrogen and oxygen atoms in total. The summed E-state index contributed by atoms with van der Waals surface area (Å²) in [7, 11) is 0. The van der Waals surface area contributed by atoms with Gasteiger partial charge in [-0.1, -0.05) is 0 Å². The summed E-state index contributed by atoms with van der Waals surface area (Å²) in [5, 5.41) is 8.76. The van der Waals surface area contributed by atoms with Crippen molar-refractivity contribution in [2.24, 2.45) is 11.8 Å². The third-order valence-electron chi connectivity index (χ3n) is 3.03. The van der Waals surface area contributed by atoms with Crippen LogP contribution in [0.15, 0.2) is 0 Å². The molecule has 2 rings (SSSR count). The van der Waals surface area contributed by atoms with Crippen LogP contribution in [0.1, 0.15) is 19.3 Å². The Morgan fingerprint density at radius 1 is 1.12 bits per heavy atom. The van der Waals surface area contributed by atoms with Crippen LogP contribution in [0, 0.1) is 11.8 Å². The zero-order valence-electron chi connectivity index (χ0n) is 9.42. The van der Waals surface area contributed by atoms with E-state index < -0.39 is 0 Å². The highest BCUT2D eigenvalue weighted by Crippen LogP contribution is 2.28. The monoisotopic (exact) mass is 225 g/mol. The first kappa shape index (κ1) is 11.4. The van der Waals surface area contributed by atoms with E-state index >= 15 is 0 Å². The normalized spacial score (nSPS) is 20.0. The van der Waals surface area contributed by atoms with Crippen molar-refractivity contribution in [2.45, 2.75) is 19.3 Å². The quantitative estimate of drug-likeness (QED) is 0.520. The molecule has 0 bridgehead atoms. The second kappa shape index (κ2) is 5.30. The molecule has 0 spiro atoms. The molecule has 1 aliphatic heterocycles. The van der Waals surface area contributed by atoms with Gasteiger partial charge in [0, 0.05) is 25.4 Å². The van der Waals surface area contributed by atoms with Crippen LogP contribution >= 0.6 is 0 Å². The van der Waals surface area contributed by atoms with Gasteiger partial charge in [0.25, 0.3) is 0 Å². The van der Waals surface area contributed by atoms with Crippen LogP contribution in [-0.4, -0.2) is 38.0 Å². The fourth-order valence-electron chi connectivity index (χ4n) is 1.70. The van der Waals surface area contributed by atoms with E-state index in [-0.39, 0.29) is 17.7 Å². The Balaban J connectivity index is 1.46. The molecule has 90 valence electrons. The highest BCUT2D eigenvalue weighted by atomic mass is 16.2. The molecule has 1 saturated heterocycles. The summed E-state index contributed by atoms with van der Waals surface area (Å²) >= 11 is 0. The van der Waals surface area contributed by atoms with Crippen LogP contribution in [0.25, 0.3) is 0 Å². The van der Waals surface area contributed by atoms with Gasteiger partial charge in [-0.15, -0.1) is 0 Å². The van der Waals surface area contributed by atoms with Crippen LogP contribution in [0.5, 0.6) is 0 Å². The van der Waals surface area contributed by atoms with Gasteiger partial charge in [-0.2, -0.15) is 0 Å². The lowest BCUT2D eigenvalue weighted by Gasteiger charge is -2.26. The van der Waals surface area contributed by atoms with E-state index in [0.717, 1.165) is 25.9 Å². The average molecular weight is 225 g/mol. The summed E-state index contributed by atoms with van der Waals surface area (Å²) in [5.74, 6) is 0.974. The zero-order valence-corrected chi connectivity index (χ0v) is 9.42. The zero-order chi connectivity index (χ0) is 11.4. The predicted octanol–water partition coefficient (Wildman–Crippen LogP) is -0.762. The molecule has 0 aromatic carbocycles. The van der Waals surface area contributed by atoms with Crippen LogP contribution in [0.3, 0.4) is 0 Å². The largest absolute Gasteiger partial charge is 0.354 e. The first-order valence-corrected chi connectivity index (χ1v) is 6.01. The van der Waals surface area contributed by atoms with Gasteiger partial charge in [0.2, 0.25) is 11.8 Å². The summed E-state index contributed by atoms with van der Waals surface area (Å²) in [6.07, 6.45) is 2.64. The number of hydrogen-bond donors (Lipinski definition) is 3. The number of carbonyl (C=O) groups is 2. The second-order valence-electron chi connectivity index (χ2n) is 4.64. The Labute approximate surface area is 95.3 Å². The maximum absolute atomic E-state index is 11.4. The van der Waals surface area contributed by atoms with Crippen molar-refractivity contribution in [2.75, 3.05) is 26.2 Å². The Bertz CT molecular complexity index is 272. The third-order valence-corrected chi connectivity index (χ3v) is 3.03. The molecule has 1 aliphatic carbocycles. The van der Waals surface area contributed by atoms with Crippen molar-refractivity contribution in [1.29, 1.82) is 0 Å². The van der Waals surface area contributed by atoms with Crippen molar-refractivity contribution >= 4 is 11.8 Å². The van der Waals surface area contributed by atoms with Crippen LogP contribution in [0.4, 0.5) is 0 Å². The molecule has 0 unspecified atom stereocenters. The second-order valence-corrected chi connectivity index (χ2v) is 4.64. The number of amides is 2. The minimum absolute atomic E-state index is 0.0900. The molecular formula is C11H19N3O2.